The molecule has 122 valence electrons. The van der Waals surface area contributed by atoms with Crippen LogP contribution in [0.4, 0.5) is 10.3 Å². The second kappa shape index (κ2) is 6.92. The van der Waals surface area contributed by atoms with Gasteiger partial charge >= 0.3 is 0 Å². The number of rotatable bonds is 4. The van der Waals surface area contributed by atoms with Gasteiger partial charge < -0.3 is 0 Å². The molecule has 3 rings (SSSR count). The topological polar surface area (TPSA) is 59.3 Å². The van der Waals surface area contributed by atoms with Crippen LogP contribution >= 0.6 is 15.9 Å². The number of hydrazone groups is 1. The molecule has 0 spiro atoms. The molecule has 0 aliphatic heterocycles. The van der Waals surface area contributed by atoms with Gasteiger partial charge in [-0.2, -0.15) is 5.10 Å². The summed E-state index contributed by atoms with van der Waals surface area (Å²) in [7, 11) is 0. The summed E-state index contributed by atoms with van der Waals surface area (Å²) in [5.74, 6) is 0.0229. The Balaban J connectivity index is 1.93. The predicted molar refractivity (Wildman–Crippen MR) is 97.0 cm³/mol. The Morgan fingerprint density at radius 3 is 2.88 bits per heavy atom. The van der Waals surface area contributed by atoms with E-state index in [0.29, 0.717) is 33.4 Å². The zero-order valence-electron chi connectivity index (χ0n) is 12.8. The first-order valence-corrected chi connectivity index (χ1v) is 8.13. The third-order valence-corrected chi connectivity index (χ3v) is 4.11. The van der Waals surface area contributed by atoms with Crippen molar-refractivity contribution in [1.29, 1.82) is 0 Å². The first kappa shape index (κ1) is 16.3. The van der Waals surface area contributed by atoms with E-state index >= 15 is 0 Å². The smallest absolute Gasteiger partial charge is 0.262 e. The number of benzene rings is 2. The predicted octanol–water partition coefficient (Wildman–Crippen LogP) is 3.76. The summed E-state index contributed by atoms with van der Waals surface area (Å²) in [6, 6.07) is 11.7. The van der Waals surface area contributed by atoms with Gasteiger partial charge in [-0.05, 0) is 52.7 Å². The molecule has 0 aliphatic carbocycles. The van der Waals surface area contributed by atoms with Crippen LogP contribution < -0.4 is 11.0 Å². The minimum Gasteiger partial charge on any atom is -0.277 e. The van der Waals surface area contributed by atoms with E-state index < -0.39 is 0 Å². The van der Waals surface area contributed by atoms with Gasteiger partial charge in [0.2, 0.25) is 5.95 Å². The fourth-order valence-corrected chi connectivity index (χ4v) is 2.70. The quantitative estimate of drug-likeness (QED) is 0.546. The van der Waals surface area contributed by atoms with Crippen LogP contribution in [-0.2, 0) is 6.54 Å². The molecule has 24 heavy (non-hydrogen) atoms. The molecule has 1 heterocycles. The molecule has 1 N–H and O–H groups in total. The molecule has 0 saturated carbocycles. The van der Waals surface area contributed by atoms with Gasteiger partial charge in [-0.25, -0.2) is 14.8 Å². The van der Waals surface area contributed by atoms with Crippen LogP contribution in [0, 0.1) is 5.82 Å². The second-order valence-electron chi connectivity index (χ2n) is 5.05. The first-order valence-electron chi connectivity index (χ1n) is 7.34. The van der Waals surface area contributed by atoms with Crippen molar-refractivity contribution in [2.45, 2.75) is 13.5 Å². The zero-order valence-corrected chi connectivity index (χ0v) is 14.4. The van der Waals surface area contributed by atoms with E-state index in [4.69, 9.17) is 0 Å². The van der Waals surface area contributed by atoms with Crippen molar-refractivity contribution in [3.63, 3.8) is 0 Å². The summed E-state index contributed by atoms with van der Waals surface area (Å²) < 4.78 is 15.1. The van der Waals surface area contributed by atoms with Crippen molar-refractivity contribution in [2.75, 3.05) is 5.43 Å². The van der Waals surface area contributed by atoms with Gasteiger partial charge in [-0.3, -0.25) is 9.36 Å². The van der Waals surface area contributed by atoms with Crippen LogP contribution in [0.25, 0.3) is 10.9 Å². The minimum atomic E-state index is -0.337. The van der Waals surface area contributed by atoms with E-state index in [2.05, 4.69) is 31.4 Å². The summed E-state index contributed by atoms with van der Waals surface area (Å²) in [6.45, 7) is 2.33. The van der Waals surface area contributed by atoms with Crippen LogP contribution in [-0.4, -0.2) is 15.8 Å². The molecule has 3 aromatic rings. The molecule has 7 heteroatoms. The molecule has 0 unspecified atom stereocenters. The number of nitrogens with one attached hydrogen (secondary N) is 1. The maximum atomic E-state index is 13.2. The summed E-state index contributed by atoms with van der Waals surface area (Å²) in [5.41, 5.74) is 3.99. The molecular weight excluding hydrogens is 375 g/mol. The molecule has 0 aliphatic rings. The molecule has 1 aromatic heterocycles. The van der Waals surface area contributed by atoms with Crippen LogP contribution in [0.2, 0.25) is 0 Å². The van der Waals surface area contributed by atoms with Crippen molar-refractivity contribution in [3.8, 4) is 0 Å². The number of aromatic nitrogens is 2. The summed E-state index contributed by atoms with van der Waals surface area (Å²) in [6.07, 6.45) is 1.53. The largest absolute Gasteiger partial charge is 0.277 e. The number of hydrogen-bond acceptors (Lipinski definition) is 4. The molecule has 0 bridgehead atoms. The average molecular weight is 389 g/mol. The number of para-hydroxylation sites is 1. The number of hydrogen-bond donors (Lipinski definition) is 1. The maximum Gasteiger partial charge on any atom is 0.262 e. The summed E-state index contributed by atoms with van der Waals surface area (Å²) >= 11 is 3.13. The summed E-state index contributed by atoms with van der Waals surface area (Å²) in [4.78, 5) is 16.9. The highest BCUT2D eigenvalue weighted by atomic mass is 79.9. The Hall–Kier alpha value is -2.54. The summed E-state index contributed by atoms with van der Waals surface area (Å²) in [5, 5.41) is 4.66. The minimum absolute atomic E-state index is 0.120. The molecule has 2 aromatic carbocycles. The third-order valence-electron chi connectivity index (χ3n) is 3.50. The van der Waals surface area contributed by atoms with E-state index in [-0.39, 0.29) is 11.4 Å². The van der Waals surface area contributed by atoms with Gasteiger partial charge in [0.1, 0.15) is 5.82 Å². The molecular formula is C17H14BrFN4O. The van der Waals surface area contributed by atoms with Crippen molar-refractivity contribution in [3.05, 3.63) is 68.7 Å². The lowest BCUT2D eigenvalue weighted by Crippen LogP contribution is -2.23. The Kier molecular flexibility index (Phi) is 4.71. The van der Waals surface area contributed by atoms with E-state index in [1.54, 1.807) is 24.3 Å². The van der Waals surface area contributed by atoms with Crippen LogP contribution in [0.3, 0.4) is 0 Å². The first-order chi connectivity index (χ1) is 11.6. The fraction of sp³-hybridized carbons (Fsp3) is 0.118. The van der Waals surface area contributed by atoms with E-state index in [1.165, 1.54) is 16.8 Å². The normalized spacial score (nSPS) is 11.3. The highest BCUT2D eigenvalue weighted by Gasteiger charge is 2.08. The Labute approximate surface area is 146 Å². The zero-order chi connectivity index (χ0) is 17.1. The number of halogens is 2. The lowest BCUT2D eigenvalue weighted by atomic mass is 10.2. The van der Waals surface area contributed by atoms with Gasteiger partial charge in [0.05, 0.1) is 21.6 Å². The third kappa shape index (κ3) is 3.21. The molecule has 0 fully saturated rings. The molecule has 0 amide bonds. The second-order valence-corrected chi connectivity index (χ2v) is 5.90. The standard InChI is InChI=1S/C17H14BrFN4O/c1-2-23-16(24)12-5-3-4-6-15(12)21-17(23)22-20-10-11-7-8-14(19)13(18)9-11/h3-10H,2H2,1H3,(H,21,22)/b20-10-. The molecule has 5 nitrogen and oxygen atoms in total. The van der Waals surface area contributed by atoms with E-state index in [9.17, 15) is 9.18 Å². The van der Waals surface area contributed by atoms with Gasteiger partial charge in [-0.1, -0.05) is 18.2 Å². The fourth-order valence-electron chi connectivity index (χ4n) is 2.30. The number of fused-ring (bicyclic) bond motifs is 1. The lowest BCUT2D eigenvalue weighted by Gasteiger charge is -2.10. The SMILES string of the molecule is CCn1c(N/N=C\c2ccc(F)c(Br)c2)nc2ccccc2c1=O. The average Bonchev–Trinajstić information content (AvgIpc) is 2.58. The highest BCUT2D eigenvalue weighted by Crippen LogP contribution is 2.16. The molecule has 0 radical (unpaired) electrons. The van der Waals surface area contributed by atoms with Gasteiger partial charge in [0, 0.05) is 6.54 Å². The van der Waals surface area contributed by atoms with Crippen LogP contribution in [0.15, 0.2) is 56.8 Å². The van der Waals surface area contributed by atoms with Gasteiger partial charge in [0.15, 0.2) is 0 Å². The van der Waals surface area contributed by atoms with Gasteiger partial charge in [-0.15, -0.1) is 0 Å². The molecule has 0 saturated heterocycles. The van der Waals surface area contributed by atoms with E-state index in [1.807, 2.05) is 19.1 Å². The number of anilines is 1. The van der Waals surface area contributed by atoms with Crippen molar-refractivity contribution >= 4 is 39.0 Å². The maximum absolute atomic E-state index is 13.2. The Morgan fingerprint density at radius 2 is 2.12 bits per heavy atom. The highest BCUT2D eigenvalue weighted by molar-refractivity contribution is 9.10. The van der Waals surface area contributed by atoms with Crippen molar-refractivity contribution in [2.24, 2.45) is 5.10 Å². The monoisotopic (exact) mass is 388 g/mol. The number of nitrogens with zero attached hydrogens (tertiary/aromatic N) is 3. The lowest BCUT2D eigenvalue weighted by molar-refractivity contribution is 0.621. The Morgan fingerprint density at radius 1 is 1.33 bits per heavy atom. The van der Waals surface area contributed by atoms with Crippen molar-refractivity contribution in [1.82, 2.24) is 9.55 Å². The van der Waals surface area contributed by atoms with Crippen LogP contribution in [0.5, 0.6) is 0 Å². The molecule has 0 atom stereocenters. The van der Waals surface area contributed by atoms with Crippen LogP contribution in [0.1, 0.15) is 12.5 Å². The van der Waals surface area contributed by atoms with E-state index in [0.717, 1.165) is 0 Å². The van der Waals surface area contributed by atoms with Gasteiger partial charge in [0.25, 0.3) is 5.56 Å². The van der Waals surface area contributed by atoms with Crippen molar-refractivity contribution < 1.29 is 4.39 Å². The Bertz CT molecular complexity index is 984.